The Morgan fingerprint density at radius 1 is 1.26 bits per heavy atom. The summed E-state index contributed by atoms with van der Waals surface area (Å²) in [4.78, 5) is 26.0. The van der Waals surface area contributed by atoms with E-state index in [-0.39, 0.29) is 24.3 Å². The van der Waals surface area contributed by atoms with Crippen molar-refractivity contribution in [2.24, 2.45) is 11.3 Å². The molecular formula is C18H26N2O3. The summed E-state index contributed by atoms with van der Waals surface area (Å²) < 4.78 is 0. The van der Waals surface area contributed by atoms with Crippen molar-refractivity contribution in [2.45, 2.75) is 33.7 Å². The first kappa shape index (κ1) is 17.5. The number of amides is 2. The second kappa shape index (κ2) is 7.13. The molecule has 1 aromatic rings. The molecule has 0 aromatic heterocycles. The molecule has 126 valence electrons. The van der Waals surface area contributed by atoms with Crippen LogP contribution in [0.1, 0.15) is 43.1 Å². The lowest BCUT2D eigenvalue weighted by Gasteiger charge is -2.18. The van der Waals surface area contributed by atoms with Crippen LogP contribution in [0, 0.1) is 11.3 Å². The van der Waals surface area contributed by atoms with E-state index in [1.54, 1.807) is 17.0 Å². The molecule has 0 bridgehead atoms. The topological polar surface area (TPSA) is 69.6 Å². The third-order valence-corrected chi connectivity index (χ3v) is 4.17. The number of aliphatic hydroxyl groups is 1. The van der Waals surface area contributed by atoms with E-state index in [0.717, 1.165) is 12.0 Å². The van der Waals surface area contributed by atoms with Crippen LogP contribution in [0.4, 0.5) is 0 Å². The summed E-state index contributed by atoms with van der Waals surface area (Å²) in [7, 11) is 0. The third-order valence-electron chi connectivity index (χ3n) is 4.17. The lowest BCUT2D eigenvalue weighted by Crippen LogP contribution is -2.34. The number of nitrogens with zero attached hydrogens (tertiary/aromatic N) is 1. The van der Waals surface area contributed by atoms with Gasteiger partial charge >= 0.3 is 0 Å². The zero-order chi connectivity index (χ0) is 17.0. The van der Waals surface area contributed by atoms with E-state index in [4.69, 9.17) is 5.11 Å². The second-order valence-electron chi connectivity index (χ2n) is 7.22. The number of likely N-dealkylation sites (tertiary alicyclic amines) is 1. The van der Waals surface area contributed by atoms with Gasteiger partial charge in [0.1, 0.15) is 0 Å². The van der Waals surface area contributed by atoms with Gasteiger partial charge in [0.15, 0.2) is 0 Å². The fourth-order valence-corrected chi connectivity index (χ4v) is 2.56. The van der Waals surface area contributed by atoms with E-state index in [0.29, 0.717) is 25.2 Å². The maximum absolute atomic E-state index is 12.4. The first-order valence-electron chi connectivity index (χ1n) is 8.08. The molecule has 0 aliphatic carbocycles. The summed E-state index contributed by atoms with van der Waals surface area (Å²) in [6, 6.07) is 7.34. The van der Waals surface area contributed by atoms with Gasteiger partial charge in [0.05, 0.1) is 0 Å². The molecule has 5 nitrogen and oxygen atoms in total. The van der Waals surface area contributed by atoms with E-state index in [9.17, 15) is 9.59 Å². The van der Waals surface area contributed by atoms with Gasteiger partial charge in [-0.15, -0.1) is 0 Å². The summed E-state index contributed by atoms with van der Waals surface area (Å²) in [5.74, 6) is 0.210. The Kier molecular flexibility index (Phi) is 5.42. The minimum absolute atomic E-state index is 0.00441. The van der Waals surface area contributed by atoms with Gasteiger partial charge in [0.25, 0.3) is 5.91 Å². The van der Waals surface area contributed by atoms with Gasteiger partial charge in [-0.1, -0.05) is 32.9 Å². The van der Waals surface area contributed by atoms with Crippen LogP contribution in [0.3, 0.4) is 0 Å². The van der Waals surface area contributed by atoms with Gasteiger partial charge in [-0.25, -0.2) is 0 Å². The molecule has 1 aliphatic rings. The van der Waals surface area contributed by atoms with Crippen molar-refractivity contribution >= 4 is 11.8 Å². The molecule has 1 fully saturated rings. The summed E-state index contributed by atoms with van der Waals surface area (Å²) in [6.07, 6.45) is 0.860. The normalized spacial score (nSPS) is 18.1. The summed E-state index contributed by atoms with van der Waals surface area (Å²) in [5.41, 5.74) is 1.21. The standard InChI is InChI=1S/C18H26N2O3/c1-18(2,3)17(23)19-10-13-4-6-15(7-5-13)16(22)20-9-8-14(11-20)12-21/h4-7,14,21H,8-12H2,1-3H3,(H,19,23). The molecule has 1 saturated heterocycles. The highest BCUT2D eigenvalue weighted by atomic mass is 16.3. The van der Waals surface area contributed by atoms with Crippen LogP contribution in [0.15, 0.2) is 24.3 Å². The number of benzene rings is 1. The quantitative estimate of drug-likeness (QED) is 0.889. The Morgan fingerprint density at radius 2 is 1.91 bits per heavy atom. The van der Waals surface area contributed by atoms with Crippen molar-refractivity contribution in [3.63, 3.8) is 0 Å². The Labute approximate surface area is 137 Å². The maximum atomic E-state index is 12.4. The van der Waals surface area contributed by atoms with Gasteiger partial charge in [-0.05, 0) is 24.1 Å². The van der Waals surface area contributed by atoms with E-state index in [1.807, 2.05) is 32.9 Å². The van der Waals surface area contributed by atoms with E-state index in [1.165, 1.54) is 0 Å². The Balaban J connectivity index is 1.92. The predicted molar refractivity (Wildman–Crippen MR) is 88.8 cm³/mol. The SMILES string of the molecule is CC(C)(C)C(=O)NCc1ccc(C(=O)N2CCC(CO)C2)cc1. The van der Waals surface area contributed by atoms with Crippen LogP contribution in [-0.2, 0) is 11.3 Å². The van der Waals surface area contributed by atoms with Crippen molar-refractivity contribution in [3.05, 3.63) is 35.4 Å². The average Bonchev–Trinajstić information content (AvgIpc) is 3.00. The van der Waals surface area contributed by atoms with Crippen molar-refractivity contribution in [1.82, 2.24) is 10.2 Å². The molecule has 23 heavy (non-hydrogen) atoms. The molecule has 2 amide bonds. The molecule has 2 rings (SSSR count). The zero-order valence-corrected chi connectivity index (χ0v) is 14.1. The van der Waals surface area contributed by atoms with Gasteiger partial charge in [0.2, 0.25) is 5.91 Å². The minimum atomic E-state index is -0.408. The fraction of sp³-hybridized carbons (Fsp3) is 0.556. The van der Waals surface area contributed by atoms with Crippen molar-refractivity contribution in [1.29, 1.82) is 0 Å². The summed E-state index contributed by atoms with van der Waals surface area (Å²) >= 11 is 0. The Bertz CT molecular complexity index is 561. The molecule has 2 N–H and O–H groups in total. The summed E-state index contributed by atoms with van der Waals surface area (Å²) in [5, 5.41) is 12.1. The van der Waals surface area contributed by atoms with Crippen LogP contribution >= 0.6 is 0 Å². The number of aliphatic hydroxyl groups excluding tert-OH is 1. The van der Waals surface area contributed by atoms with Crippen LogP contribution in [0.5, 0.6) is 0 Å². The van der Waals surface area contributed by atoms with Gasteiger partial charge in [-0.2, -0.15) is 0 Å². The van der Waals surface area contributed by atoms with Crippen molar-refractivity contribution in [3.8, 4) is 0 Å². The highest BCUT2D eigenvalue weighted by molar-refractivity contribution is 5.94. The zero-order valence-electron chi connectivity index (χ0n) is 14.1. The molecule has 0 radical (unpaired) electrons. The Morgan fingerprint density at radius 3 is 2.43 bits per heavy atom. The Hall–Kier alpha value is -1.88. The number of hydrogen-bond donors (Lipinski definition) is 2. The molecule has 1 heterocycles. The van der Waals surface area contributed by atoms with Crippen molar-refractivity contribution < 1.29 is 14.7 Å². The average molecular weight is 318 g/mol. The molecule has 5 heteroatoms. The molecule has 0 saturated carbocycles. The van der Waals surface area contributed by atoms with Gasteiger partial charge < -0.3 is 15.3 Å². The maximum Gasteiger partial charge on any atom is 0.253 e. The van der Waals surface area contributed by atoms with E-state index in [2.05, 4.69) is 5.32 Å². The van der Waals surface area contributed by atoms with Crippen LogP contribution in [0.2, 0.25) is 0 Å². The number of hydrogen-bond acceptors (Lipinski definition) is 3. The molecular weight excluding hydrogens is 292 g/mol. The molecule has 1 atom stereocenters. The number of carbonyl (C=O) groups is 2. The fourth-order valence-electron chi connectivity index (χ4n) is 2.56. The molecule has 1 aliphatic heterocycles. The lowest BCUT2D eigenvalue weighted by atomic mass is 9.95. The highest BCUT2D eigenvalue weighted by Gasteiger charge is 2.26. The smallest absolute Gasteiger partial charge is 0.253 e. The second-order valence-corrected chi connectivity index (χ2v) is 7.22. The first-order chi connectivity index (χ1) is 10.8. The highest BCUT2D eigenvalue weighted by Crippen LogP contribution is 2.18. The number of rotatable bonds is 4. The number of nitrogens with one attached hydrogen (secondary N) is 1. The largest absolute Gasteiger partial charge is 0.396 e. The monoisotopic (exact) mass is 318 g/mol. The molecule has 1 unspecified atom stereocenters. The van der Waals surface area contributed by atoms with Crippen LogP contribution in [-0.4, -0.2) is 41.5 Å². The molecule has 1 aromatic carbocycles. The minimum Gasteiger partial charge on any atom is -0.396 e. The summed E-state index contributed by atoms with van der Waals surface area (Å²) in [6.45, 7) is 7.54. The number of carbonyl (C=O) groups excluding carboxylic acids is 2. The van der Waals surface area contributed by atoms with E-state index < -0.39 is 5.41 Å². The predicted octanol–water partition coefficient (Wildman–Crippen LogP) is 1.80. The molecule has 0 spiro atoms. The van der Waals surface area contributed by atoms with Crippen molar-refractivity contribution in [2.75, 3.05) is 19.7 Å². The van der Waals surface area contributed by atoms with Crippen LogP contribution in [0.25, 0.3) is 0 Å². The first-order valence-corrected chi connectivity index (χ1v) is 8.08. The lowest BCUT2D eigenvalue weighted by molar-refractivity contribution is -0.128. The van der Waals surface area contributed by atoms with Crippen LogP contribution < -0.4 is 5.32 Å². The van der Waals surface area contributed by atoms with Gasteiger partial charge in [0, 0.05) is 43.1 Å². The van der Waals surface area contributed by atoms with Gasteiger partial charge in [-0.3, -0.25) is 9.59 Å². The van der Waals surface area contributed by atoms with E-state index >= 15 is 0 Å². The third kappa shape index (κ3) is 4.55.